The van der Waals surface area contributed by atoms with Crippen LogP contribution in [-0.4, -0.2) is 33.7 Å². The smallest absolute Gasteiger partial charge is 0.283 e. The van der Waals surface area contributed by atoms with Crippen molar-refractivity contribution in [1.29, 1.82) is 0 Å². The minimum absolute atomic E-state index is 0.000461. The lowest BCUT2D eigenvalue weighted by Gasteiger charge is -2.17. The second kappa shape index (κ2) is 7.27. The van der Waals surface area contributed by atoms with Crippen molar-refractivity contribution in [2.75, 3.05) is 11.7 Å². The third-order valence-corrected chi connectivity index (χ3v) is 5.77. The van der Waals surface area contributed by atoms with Crippen LogP contribution in [0.2, 0.25) is 0 Å². The Bertz CT molecular complexity index is 1570. The molecule has 0 fully saturated rings. The molecule has 2 aliphatic rings. The van der Waals surface area contributed by atoms with Gasteiger partial charge in [0.15, 0.2) is 11.5 Å². The van der Waals surface area contributed by atoms with E-state index < -0.39 is 22.4 Å². The average molecular weight is 454 g/mol. The van der Waals surface area contributed by atoms with E-state index >= 15 is 0 Å². The first-order valence-electron chi connectivity index (χ1n) is 10.2. The van der Waals surface area contributed by atoms with Crippen LogP contribution in [0.4, 0.5) is 11.4 Å². The summed E-state index contributed by atoms with van der Waals surface area (Å²) in [7, 11) is 0. The van der Waals surface area contributed by atoms with Crippen molar-refractivity contribution in [2.45, 2.75) is 0 Å². The number of ether oxygens (including phenoxy) is 2. The zero-order valence-electron chi connectivity index (χ0n) is 17.3. The Hall–Kier alpha value is -4.99. The van der Waals surface area contributed by atoms with Gasteiger partial charge in [0.2, 0.25) is 6.79 Å². The van der Waals surface area contributed by atoms with Gasteiger partial charge in [-0.3, -0.25) is 24.8 Å². The summed E-state index contributed by atoms with van der Waals surface area (Å²) in [6, 6.07) is 14.8. The first-order chi connectivity index (χ1) is 16.5. The summed E-state index contributed by atoms with van der Waals surface area (Å²) in [5.74, 6) is -0.602. The summed E-state index contributed by atoms with van der Waals surface area (Å²) in [5.41, 5.74) is 1.56. The molecule has 2 aliphatic heterocycles. The topological polar surface area (TPSA) is 128 Å². The number of benzene rings is 3. The van der Waals surface area contributed by atoms with Gasteiger partial charge < -0.3 is 9.47 Å². The Balaban J connectivity index is 1.48. The van der Waals surface area contributed by atoms with E-state index in [2.05, 4.69) is 10.2 Å². The molecule has 10 heteroatoms. The number of H-pyrrole nitrogens is 1. The van der Waals surface area contributed by atoms with Crippen LogP contribution < -0.4 is 14.4 Å². The van der Waals surface area contributed by atoms with E-state index in [1.165, 1.54) is 24.3 Å². The molecule has 166 valence electrons. The third-order valence-electron chi connectivity index (χ3n) is 5.77. The minimum atomic E-state index is -0.772. The first-order valence-corrected chi connectivity index (χ1v) is 10.2. The fraction of sp³-hybridized carbons (Fsp3) is 0.0417. The monoisotopic (exact) mass is 454 g/mol. The number of carbonyl (C=O) groups is 2. The van der Waals surface area contributed by atoms with E-state index in [1.54, 1.807) is 18.2 Å². The number of aromatic amines is 1. The summed E-state index contributed by atoms with van der Waals surface area (Å²) in [5, 5.41) is 19.6. The lowest BCUT2D eigenvalue weighted by Crippen LogP contribution is -2.30. The summed E-state index contributed by atoms with van der Waals surface area (Å²) >= 11 is 0. The van der Waals surface area contributed by atoms with Gasteiger partial charge in [0.05, 0.1) is 27.4 Å². The highest BCUT2D eigenvalue weighted by atomic mass is 16.7. The van der Waals surface area contributed by atoms with E-state index in [4.69, 9.17) is 9.47 Å². The number of anilines is 1. The van der Waals surface area contributed by atoms with Crippen molar-refractivity contribution in [3.8, 4) is 11.5 Å². The lowest BCUT2D eigenvalue weighted by molar-refractivity contribution is -0.385. The van der Waals surface area contributed by atoms with Crippen LogP contribution in [0.15, 0.2) is 54.6 Å². The first kappa shape index (κ1) is 19.7. The van der Waals surface area contributed by atoms with Crippen molar-refractivity contribution in [3.63, 3.8) is 0 Å². The number of amides is 2. The number of nitro groups is 1. The lowest BCUT2D eigenvalue weighted by atomic mass is 10.1. The highest BCUT2D eigenvalue weighted by Crippen LogP contribution is 2.42. The standard InChI is InChI=1S/C24H14N4O6/c29-23-15-5-3-7-18(28(31)32)22(15)24(30)27(23)19-11-21-20(33-12-34-21)10-13(19)8-9-17-14-4-1-2-6-16(14)25-26-17/h1-11H,12H2,(H,25,26)/b9-8+. The molecule has 0 spiro atoms. The van der Waals surface area contributed by atoms with Crippen LogP contribution in [0, 0.1) is 10.1 Å². The Labute approximate surface area is 191 Å². The minimum Gasteiger partial charge on any atom is -0.454 e. The largest absolute Gasteiger partial charge is 0.454 e. The molecule has 4 aromatic rings. The maximum Gasteiger partial charge on any atom is 0.283 e. The van der Waals surface area contributed by atoms with Crippen LogP contribution >= 0.6 is 0 Å². The summed E-state index contributed by atoms with van der Waals surface area (Å²) in [4.78, 5) is 38.2. The van der Waals surface area contributed by atoms with Crippen molar-refractivity contribution in [2.24, 2.45) is 0 Å². The number of para-hydroxylation sites is 1. The number of hydrogen-bond acceptors (Lipinski definition) is 7. The van der Waals surface area contributed by atoms with Crippen LogP contribution in [-0.2, 0) is 0 Å². The van der Waals surface area contributed by atoms with Gasteiger partial charge in [0, 0.05) is 23.1 Å². The van der Waals surface area contributed by atoms with Gasteiger partial charge in [-0.1, -0.05) is 30.3 Å². The maximum atomic E-state index is 13.3. The fourth-order valence-corrected chi connectivity index (χ4v) is 4.19. The Morgan fingerprint density at radius 3 is 2.62 bits per heavy atom. The summed E-state index contributed by atoms with van der Waals surface area (Å²) < 4.78 is 10.9. The van der Waals surface area contributed by atoms with Crippen molar-refractivity contribution >= 4 is 46.2 Å². The normalized spacial score (nSPS) is 14.4. The second-order valence-corrected chi connectivity index (χ2v) is 7.65. The van der Waals surface area contributed by atoms with Crippen LogP contribution in [0.3, 0.4) is 0 Å². The third kappa shape index (κ3) is 2.85. The van der Waals surface area contributed by atoms with Gasteiger partial charge in [-0.05, 0) is 24.3 Å². The molecule has 0 aliphatic carbocycles. The number of aromatic nitrogens is 2. The zero-order valence-corrected chi connectivity index (χ0v) is 17.3. The number of imide groups is 1. The van der Waals surface area contributed by atoms with E-state index in [0.29, 0.717) is 22.8 Å². The fourth-order valence-electron chi connectivity index (χ4n) is 4.19. The zero-order chi connectivity index (χ0) is 23.4. The van der Waals surface area contributed by atoms with Crippen LogP contribution in [0.25, 0.3) is 23.1 Å². The molecule has 0 bridgehead atoms. The molecule has 0 radical (unpaired) electrons. The van der Waals surface area contributed by atoms with Gasteiger partial charge in [-0.25, -0.2) is 4.90 Å². The number of rotatable bonds is 4. The summed E-state index contributed by atoms with van der Waals surface area (Å²) in [6.45, 7) is -0.000461. The Morgan fingerprint density at radius 1 is 1.00 bits per heavy atom. The number of nitrogens with zero attached hydrogens (tertiary/aromatic N) is 3. The van der Waals surface area contributed by atoms with E-state index in [9.17, 15) is 19.7 Å². The molecule has 34 heavy (non-hydrogen) atoms. The van der Waals surface area contributed by atoms with Gasteiger partial charge in [0.25, 0.3) is 17.5 Å². The van der Waals surface area contributed by atoms with Crippen LogP contribution in [0.1, 0.15) is 32.0 Å². The Morgan fingerprint density at radius 2 is 1.79 bits per heavy atom. The number of carbonyl (C=O) groups excluding carboxylic acids is 2. The molecule has 10 nitrogen and oxygen atoms in total. The number of nitro benzene ring substituents is 1. The van der Waals surface area contributed by atoms with Gasteiger partial charge in [0.1, 0.15) is 5.56 Å². The Kier molecular flexibility index (Phi) is 4.21. The van der Waals surface area contributed by atoms with Gasteiger partial charge >= 0.3 is 0 Å². The highest BCUT2D eigenvalue weighted by molar-refractivity contribution is 6.36. The predicted octanol–water partition coefficient (Wildman–Crippen LogP) is 4.17. The number of fused-ring (bicyclic) bond motifs is 3. The highest BCUT2D eigenvalue weighted by Gasteiger charge is 2.43. The predicted molar refractivity (Wildman–Crippen MR) is 122 cm³/mol. The summed E-state index contributed by atoms with van der Waals surface area (Å²) in [6.07, 6.45) is 3.46. The molecule has 1 N–H and O–H groups in total. The van der Waals surface area contributed by atoms with Crippen molar-refractivity contribution in [3.05, 3.63) is 87.1 Å². The van der Waals surface area contributed by atoms with E-state index in [1.807, 2.05) is 24.3 Å². The SMILES string of the molecule is O=C1c2cccc([N+](=O)[O-])c2C(=O)N1c1cc2c(cc1/C=C/c1n[nH]c3ccccc13)OCO2. The molecule has 1 aromatic heterocycles. The van der Waals surface area contributed by atoms with E-state index in [-0.39, 0.29) is 23.6 Å². The maximum absolute atomic E-state index is 13.3. The molecular formula is C24H14N4O6. The number of hydrogen-bond donors (Lipinski definition) is 1. The quantitative estimate of drug-likeness (QED) is 0.278. The number of nitrogens with one attached hydrogen (secondary N) is 1. The molecular weight excluding hydrogens is 440 g/mol. The van der Waals surface area contributed by atoms with Crippen molar-refractivity contribution < 1.29 is 24.0 Å². The molecule has 0 atom stereocenters. The van der Waals surface area contributed by atoms with Crippen molar-refractivity contribution in [1.82, 2.24) is 10.2 Å². The van der Waals surface area contributed by atoms with E-state index in [0.717, 1.165) is 15.8 Å². The van der Waals surface area contributed by atoms with Gasteiger partial charge in [-0.15, -0.1) is 0 Å². The average Bonchev–Trinajstić information content (AvgIpc) is 3.53. The molecule has 2 amide bonds. The second-order valence-electron chi connectivity index (χ2n) is 7.65. The van der Waals surface area contributed by atoms with Gasteiger partial charge in [-0.2, -0.15) is 5.10 Å². The van der Waals surface area contributed by atoms with Crippen LogP contribution in [0.5, 0.6) is 11.5 Å². The molecule has 0 saturated heterocycles. The molecule has 0 unspecified atom stereocenters. The molecule has 3 heterocycles. The molecule has 0 saturated carbocycles. The molecule has 6 rings (SSSR count). The molecule has 3 aromatic carbocycles.